The number of rotatable bonds is 6. The van der Waals surface area contributed by atoms with Crippen molar-refractivity contribution in [3.05, 3.63) is 47.0 Å². The first-order valence-corrected chi connectivity index (χ1v) is 7.85. The molecule has 0 aliphatic rings. The molecule has 2 rings (SSSR count). The van der Waals surface area contributed by atoms with Crippen molar-refractivity contribution in [2.75, 3.05) is 12.4 Å². The summed E-state index contributed by atoms with van der Waals surface area (Å²) in [5, 5.41) is 5.61. The molecule has 0 saturated carbocycles. The van der Waals surface area contributed by atoms with Gasteiger partial charge in [0.05, 0.1) is 29.9 Å². The van der Waals surface area contributed by atoms with Gasteiger partial charge in [0.25, 0.3) is 0 Å². The van der Waals surface area contributed by atoms with E-state index in [2.05, 4.69) is 27.3 Å². The highest BCUT2D eigenvalue weighted by atomic mass is 35.5. The lowest BCUT2D eigenvalue weighted by atomic mass is 10.2. The average molecular weight is 351 g/mol. The van der Waals surface area contributed by atoms with E-state index >= 15 is 0 Å². The minimum Gasteiger partial charge on any atom is -0.465 e. The molecule has 0 saturated heterocycles. The Kier molecular flexibility index (Phi) is 6.20. The summed E-state index contributed by atoms with van der Waals surface area (Å²) in [4.78, 5) is 27.6. The summed E-state index contributed by atoms with van der Waals surface area (Å²) in [5.74, 6) is 0.287. The third-order valence-corrected chi connectivity index (χ3v) is 3.62. The maximum Gasteiger partial charge on any atom is 0.337 e. The molecule has 1 heterocycles. The van der Waals surface area contributed by atoms with Crippen LogP contribution in [0.25, 0.3) is 0 Å². The standard InChI is InChI=1S/C16H19ClN4O3/c1-3-7-21-8-6-18-14(21)10-19-16(23)20-13-5-4-11(9-12(13)17)15(22)24-2/h4-6,8-9H,3,7,10H2,1-2H3,(H2,19,20,23). The Labute approximate surface area is 145 Å². The van der Waals surface area contributed by atoms with Crippen LogP contribution in [0.15, 0.2) is 30.6 Å². The molecule has 0 atom stereocenters. The van der Waals surface area contributed by atoms with Crippen molar-refractivity contribution in [2.24, 2.45) is 0 Å². The van der Waals surface area contributed by atoms with Crippen LogP contribution in [0.2, 0.25) is 5.02 Å². The molecule has 0 aliphatic carbocycles. The first-order valence-electron chi connectivity index (χ1n) is 7.48. The molecule has 1 aromatic carbocycles. The Morgan fingerprint density at radius 3 is 2.83 bits per heavy atom. The molecule has 1 aromatic heterocycles. The van der Waals surface area contributed by atoms with E-state index in [1.807, 2.05) is 10.8 Å². The van der Waals surface area contributed by atoms with Crippen LogP contribution in [0.4, 0.5) is 10.5 Å². The molecule has 2 N–H and O–H groups in total. The van der Waals surface area contributed by atoms with Crippen LogP contribution < -0.4 is 10.6 Å². The van der Waals surface area contributed by atoms with Crippen LogP contribution in [-0.2, 0) is 17.8 Å². The molecule has 2 amide bonds. The smallest absolute Gasteiger partial charge is 0.337 e. The number of carbonyl (C=O) groups is 2. The zero-order valence-corrected chi connectivity index (χ0v) is 14.3. The number of imidazole rings is 1. The summed E-state index contributed by atoms with van der Waals surface area (Å²) < 4.78 is 6.60. The first kappa shape index (κ1) is 17.8. The second-order valence-electron chi connectivity index (χ2n) is 5.03. The Morgan fingerprint density at radius 1 is 1.38 bits per heavy atom. The lowest BCUT2D eigenvalue weighted by molar-refractivity contribution is 0.0600. The summed E-state index contributed by atoms with van der Waals surface area (Å²) in [7, 11) is 1.29. The molecular formula is C16H19ClN4O3. The van der Waals surface area contributed by atoms with Gasteiger partial charge in [-0.3, -0.25) is 0 Å². The molecule has 8 heteroatoms. The number of methoxy groups -OCH3 is 1. The molecule has 24 heavy (non-hydrogen) atoms. The Balaban J connectivity index is 1.95. The first-order chi connectivity index (χ1) is 11.5. The highest BCUT2D eigenvalue weighted by Crippen LogP contribution is 2.23. The van der Waals surface area contributed by atoms with Crippen molar-refractivity contribution in [2.45, 2.75) is 26.4 Å². The number of carbonyl (C=O) groups excluding carboxylic acids is 2. The van der Waals surface area contributed by atoms with Crippen LogP contribution in [0.3, 0.4) is 0 Å². The number of benzene rings is 1. The molecular weight excluding hydrogens is 332 g/mol. The second-order valence-corrected chi connectivity index (χ2v) is 5.44. The number of amides is 2. The van der Waals surface area contributed by atoms with E-state index in [9.17, 15) is 9.59 Å². The Morgan fingerprint density at radius 2 is 2.17 bits per heavy atom. The van der Waals surface area contributed by atoms with Crippen LogP contribution in [0.5, 0.6) is 0 Å². The summed E-state index contributed by atoms with van der Waals surface area (Å²) in [6.45, 7) is 3.22. The van der Waals surface area contributed by atoms with Crippen molar-refractivity contribution in [1.82, 2.24) is 14.9 Å². The van der Waals surface area contributed by atoms with E-state index in [0.29, 0.717) is 17.8 Å². The fourth-order valence-corrected chi connectivity index (χ4v) is 2.37. The molecule has 2 aromatic rings. The predicted molar refractivity (Wildman–Crippen MR) is 91.2 cm³/mol. The number of nitrogens with zero attached hydrogens (tertiary/aromatic N) is 2. The monoisotopic (exact) mass is 350 g/mol. The van der Waals surface area contributed by atoms with Gasteiger partial charge in [0, 0.05) is 18.9 Å². The Bertz CT molecular complexity index is 730. The summed E-state index contributed by atoms with van der Waals surface area (Å²) in [5.41, 5.74) is 0.716. The maximum absolute atomic E-state index is 12.0. The highest BCUT2D eigenvalue weighted by molar-refractivity contribution is 6.34. The molecule has 0 radical (unpaired) electrons. The number of ether oxygens (including phenoxy) is 1. The number of nitrogens with one attached hydrogen (secondary N) is 2. The number of aryl methyl sites for hydroxylation is 1. The number of hydrogen-bond donors (Lipinski definition) is 2. The van der Waals surface area contributed by atoms with Gasteiger partial charge in [-0.05, 0) is 24.6 Å². The minimum atomic E-state index is -0.490. The van der Waals surface area contributed by atoms with Crippen LogP contribution in [0, 0.1) is 0 Å². The summed E-state index contributed by atoms with van der Waals surface area (Å²) in [6, 6.07) is 4.11. The number of anilines is 1. The minimum absolute atomic E-state index is 0.250. The number of esters is 1. The van der Waals surface area contributed by atoms with Gasteiger partial charge in [-0.15, -0.1) is 0 Å². The molecule has 0 fully saturated rings. The highest BCUT2D eigenvalue weighted by Gasteiger charge is 2.11. The zero-order chi connectivity index (χ0) is 17.5. The van der Waals surface area contributed by atoms with E-state index < -0.39 is 12.0 Å². The number of halogens is 1. The fraction of sp³-hybridized carbons (Fsp3) is 0.312. The van der Waals surface area contributed by atoms with Crippen LogP contribution in [0.1, 0.15) is 29.5 Å². The van der Waals surface area contributed by atoms with Gasteiger partial charge >= 0.3 is 12.0 Å². The molecule has 7 nitrogen and oxygen atoms in total. The van der Waals surface area contributed by atoms with Gasteiger partial charge in [0.15, 0.2) is 0 Å². The molecule has 0 aliphatic heterocycles. The normalized spacial score (nSPS) is 10.3. The van der Waals surface area contributed by atoms with Crippen molar-refractivity contribution in [1.29, 1.82) is 0 Å². The zero-order valence-electron chi connectivity index (χ0n) is 13.5. The van der Waals surface area contributed by atoms with E-state index in [4.69, 9.17) is 11.6 Å². The summed E-state index contributed by atoms with van der Waals surface area (Å²) in [6.07, 6.45) is 4.56. The van der Waals surface area contributed by atoms with Gasteiger partial charge in [-0.25, -0.2) is 14.6 Å². The largest absolute Gasteiger partial charge is 0.465 e. The van der Waals surface area contributed by atoms with Crippen molar-refractivity contribution >= 4 is 29.3 Å². The Hall–Kier alpha value is -2.54. The van der Waals surface area contributed by atoms with Crippen molar-refractivity contribution < 1.29 is 14.3 Å². The van der Waals surface area contributed by atoms with Crippen LogP contribution in [-0.4, -0.2) is 28.7 Å². The average Bonchev–Trinajstić information content (AvgIpc) is 3.01. The molecule has 128 valence electrons. The maximum atomic E-state index is 12.0. The molecule has 0 unspecified atom stereocenters. The topological polar surface area (TPSA) is 85.3 Å². The fourth-order valence-electron chi connectivity index (χ4n) is 2.14. The van der Waals surface area contributed by atoms with E-state index in [-0.39, 0.29) is 5.02 Å². The van der Waals surface area contributed by atoms with Gasteiger partial charge in [-0.2, -0.15) is 0 Å². The third kappa shape index (κ3) is 4.48. The van der Waals surface area contributed by atoms with E-state index in [1.165, 1.54) is 19.2 Å². The quantitative estimate of drug-likeness (QED) is 0.784. The van der Waals surface area contributed by atoms with Crippen LogP contribution >= 0.6 is 11.6 Å². The number of aromatic nitrogens is 2. The molecule has 0 bridgehead atoms. The lowest BCUT2D eigenvalue weighted by Gasteiger charge is -2.11. The van der Waals surface area contributed by atoms with Crippen molar-refractivity contribution in [3.63, 3.8) is 0 Å². The number of hydrogen-bond acceptors (Lipinski definition) is 4. The van der Waals surface area contributed by atoms with Gasteiger partial charge < -0.3 is 19.9 Å². The van der Waals surface area contributed by atoms with Gasteiger partial charge in [0.1, 0.15) is 5.82 Å². The number of urea groups is 1. The van der Waals surface area contributed by atoms with E-state index in [1.54, 1.807) is 12.3 Å². The second kappa shape index (κ2) is 8.35. The third-order valence-electron chi connectivity index (χ3n) is 3.31. The van der Waals surface area contributed by atoms with Gasteiger partial charge in [0.2, 0.25) is 0 Å². The van der Waals surface area contributed by atoms with E-state index in [0.717, 1.165) is 18.8 Å². The molecule has 0 spiro atoms. The van der Waals surface area contributed by atoms with Crippen molar-refractivity contribution in [3.8, 4) is 0 Å². The summed E-state index contributed by atoms with van der Waals surface area (Å²) >= 11 is 6.07. The van der Waals surface area contributed by atoms with Gasteiger partial charge in [-0.1, -0.05) is 18.5 Å². The lowest BCUT2D eigenvalue weighted by Crippen LogP contribution is -2.29. The SMILES string of the molecule is CCCn1ccnc1CNC(=O)Nc1ccc(C(=O)OC)cc1Cl. The predicted octanol–water partition coefficient (Wildman–Crippen LogP) is 3.05.